The Labute approximate surface area is 75.8 Å². The standard InChI is InChI=1S/C8H4BrF3/c9-6-3-1-2-5(4-6)7(10)8(11)12/h1-4H. The second-order valence-corrected chi connectivity index (χ2v) is 3.00. The quantitative estimate of drug-likeness (QED) is 0.692. The summed E-state index contributed by atoms with van der Waals surface area (Å²) in [6.07, 6.45) is -2.30. The first-order chi connectivity index (χ1) is 5.61. The lowest BCUT2D eigenvalue weighted by atomic mass is 10.2. The van der Waals surface area contributed by atoms with Gasteiger partial charge in [0.2, 0.25) is 0 Å². The van der Waals surface area contributed by atoms with Crippen LogP contribution in [0.3, 0.4) is 0 Å². The second kappa shape index (κ2) is 3.76. The third kappa shape index (κ3) is 2.11. The molecule has 0 fully saturated rings. The molecule has 0 unspecified atom stereocenters. The largest absolute Gasteiger partial charge is 0.306 e. The molecule has 0 heterocycles. The van der Waals surface area contributed by atoms with E-state index < -0.39 is 11.9 Å². The van der Waals surface area contributed by atoms with E-state index in [9.17, 15) is 13.2 Å². The summed E-state index contributed by atoms with van der Waals surface area (Å²) >= 11 is 3.05. The molecule has 1 aromatic carbocycles. The summed E-state index contributed by atoms with van der Waals surface area (Å²) in [4.78, 5) is 0. The molecule has 4 heteroatoms. The molecule has 0 aliphatic rings. The molecule has 1 rings (SSSR count). The minimum atomic E-state index is -2.30. The van der Waals surface area contributed by atoms with E-state index in [4.69, 9.17) is 0 Å². The predicted octanol–water partition coefficient (Wildman–Crippen LogP) is 3.98. The van der Waals surface area contributed by atoms with Gasteiger partial charge in [0.05, 0.1) is 0 Å². The van der Waals surface area contributed by atoms with Crippen molar-refractivity contribution < 1.29 is 13.2 Å². The maximum atomic E-state index is 12.5. The van der Waals surface area contributed by atoms with E-state index in [0.29, 0.717) is 4.47 Å². The van der Waals surface area contributed by atoms with E-state index in [-0.39, 0.29) is 5.56 Å². The van der Waals surface area contributed by atoms with Crippen LogP contribution >= 0.6 is 15.9 Å². The van der Waals surface area contributed by atoms with Gasteiger partial charge in [0, 0.05) is 10.0 Å². The fraction of sp³-hybridized carbons (Fsp3) is 0. The minimum absolute atomic E-state index is 0.121. The van der Waals surface area contributed by atoms with Crippen LogP contribution in [0.2, 0.25) is 0 Å². The lowest BCUT2D eigenvalue weighted by molar-refractivity contribution is 0.410. The van der Waals surface area contributed by atoms with Crippen LogP contribution in [-0.4, -0.2) is 0 Å². The Morgan fingerprint density at radius 1 is 1.17 bits per heavy atom. The molecular formula is C8H4BrF3. The molecule has 0 radical (unpaired) electrons. The van der Waals surface area contributed by atoms with Gasteiger partial charge in [-0.2, -0.15) is 8.78 Å². The van der Waals surface area contributed by atoms with E-state index in [1.165, 1.54) is 18.2 Å². The van der Waals surface area contributed by atoms with E-state index in [1.807, 2.05) is 0 Å². The van der Waals surface area contributed by atoms with Crippen LogP contribution in [0.15, 0.2) is 34.8 Å². The van der Waals surface area contributed by atoms with Crippen LogP contribution in [0.25, 0.3) is 5.83 Å². The number of benzene rings is 1. The van der Waals surface area contributed by atoms with Gasteiger partial charge in [-0.3, -0.25) is 0 Å². The van der Waals surface area contributed by atoms with E-state index in [0.717, 1.165) is 0 Å². The monoisotopic (exact) mass is 236 g/mol. The van der Waals surface area contributed by atoms with Crippen LogP contribution in [0.4, 0.5) is 13.2 Å². The smallest absolute Gasteiger partial charge is 0.200 e. The minimum Gasteiger partial charge on any atom is -0.200 e. The molecule has 0 nitrogen and oxygen atoms in total. The molecule has 0 aliphatic carbocycles. The summed E-state index contributed by atoms with van der Waals surface area (Å²) in [5.41, 5.74) is -0.121. The fourth-order valence-electron chi connectivity index (χ4n) is 0.734. The van der Waals surface area contributed by atoms with Gasteiger partial charge < -0.3 is 0 Å². The van der Waals surface area contributed by atoms with Gasteiger partial charge in [-0.1, -0.05) is 28.1 Å². The van der Waals surface area contributed by atoms with Crippen LogP contribution in [-0.2, 0) is 0 Å². The van der Waals surface area contributed by atoms with Crippen molar-refractivity contribution in [2.75, 3.05) is 0 Å². The van der Waals surface area contributed by atoms with E-state index in [1.54, 1.807) is 6.07 Å². The SMILES string of the molecule is FC(F)=C(F)c1cccc(Br)c1. The number of rotatable bonds is 1. The molecule has 0 aliphatic heterocycles. The number of hydrogen-bond donors (Lipinski definition) is 0. The lowest BCUT2D eigenvalue weighted by Gasteiger charge is -1.96. The van der Waals surface area contributed by atoms with Crippen molar-refractivity contribution >= 4 is 21.8 Å². The first-order valence-electron chi connectivity index (χ1n) is 3.08. The topological polar surface area (TPSA) is 0 Å². The highest BCUT2D eigenvalue weighted by Crippen LogP contribution is 2.24. The van der Waals surface area contributed by atoms with Crippen molar-refractivity contribution in [3.05, 3.63) is 40.4 Å². The summed E-state index contributed by atoms with van der Waals surface area (Å²) in [6, 6.07) is 5.68. The summed E-state index contributed by atoms with van der Waals surface area (Å²) in [6.45, 7) is 0. The predicted molar refractivity (Wildman–Crippen MR) is 44.4 cm³/mol. The van der Waals surface area contributed by atoms with Crippen LogP contribution in [0.5, 0.6) is 0 Å². The number of hydrogen-bond acceptors (Lipinski definition) is 0. The van der Waals surface area contributed by atoms with E-state index in [2.05, 4.69) is 15.9 Å². The number of halogens is 4. The Morgan fingerprint density at radius 2 is 1.83 bits per heavy atom. The van der Waals surface area contributed by atoms with Gasteiger partial charge >= 0.3 is 6.08 Å². The molecular weight excluding hydrogens is 233 g/mol. The fourth-order valence-corrected chi connectivity index (χ4v) is 1.13. The first-order valence-corrected chi connectivity index (χ1v) is 3.87. The second-order valence-electron chi connectivity index (χ2n) is 2.08. The molecule has 0 spiro atoms. The Hall–Kier alpha value is -0.770. The summed E-state index contributed by atoms with van der Waals surface area (Å²) in [7, 11) is 0. The van der Waals surface area contributed by atoms with Crippen molar-refractivity contribution in [3.8, 4) is 0 Å². The van der Waals surface area contributed by atoms with Gasteiger partial charge in [0.1, 0.15) is 0 Å². The van der Waals surface area contributed by atoms with Gasteiger partial charge in [-0.25, -0.2) is 4.39 Å². The van der Waals surface area contributed by atoms with E-state index >= 15 is 0 Å². The average Bonchev–Trinajstić information content (AvgIpc) is 2.03. The molecule has 0 saturated heterocycles. The van der Waals surface area contributed by atoms with Crippen molar-refractivity contribution in [2.24, 2.45) is 0 Å². The zero-order chi connectivity index (χ0) is 9.14. The maximum Gasteiger partial charge on any atom is 0.306 e. The molecule has 12 heavy (non-hydrogen) atoms. The van der Waals surface area contributed by atoms with Crippen molar-refractivity contribution in [3.63, 3.8) is 0 Å². The van der Waals surface area contributed by atoms with Crippen LogP contribution in [0, 0.1) is 0 Å². The molecule has 0 amide bonds. The van der Waals surface area contributed by atoms with Gasteiger partial charge in [-0.15, -0.1) is 0 Å². The zero-order valence-electron chi connectivity index (χ0n) is 5.82. The highest BCUT2D eigenvalue weighted by molar-refractivity contribution is 9.10. The molecule has 0 saturated carbocycles. The Bertz CT molecular complexity index is 316. The Kier molecular flexibility index (Phi) is 2.92. The van der Waals surface area contributed by atoms with Gasteiger partial charge in [0.25, 0.3) is 0 Å². The van der Waals surface area contributed by atoms with Gasteiger partial charge in [-0.05, 0) is 12.1 Å². The van der Waals surface area contributed by atoms with Crippen molar-refractivity contribution in [1.29, 1.82) is 0 Å². The summed E-state index contributed by atoms with van der Waals surface area (Å²) in [5, 5.41) is 0. The average molecular weight is 237 g/mol. The van der Waals surface area contributed by atoms with Crippen LogP contribution in [0.1, 0.15) is 5.56 Å². The van der Waals surface area contributed by atoms with Crippen molar-refractivity contribution in [2.45, 2.75) is 0 Å². The molecule has 64 valence electrons. The summed E-state index contributed by atoms with van der Waals surface area (Å²) < 4.78 is 36.6. The summed E-state index contributed by atoms with van der Waals surface area (Å²) in [5.74, 6) is -1.48. The Morgan fingerprint density at radius 3 is 2.33 bits per heavy atom. The van der Waals surface area contributed by atoms with Crippen LogP contribution < -0.4 is 0 Å². The third-order valence-corrected chi connectivity index (χ3v) is 1.74. The molecule has 0 N–H and O–H groups in total. The van der Waals surface area contributed by atoms with Crippen molar-refractivity contribution in [1.82, 2.24) is 0 Å². The maximum absolute atomic E-state index is 12.5. The zero-order valence-corrected chi connectivity index (χ0v) is 7.41. The normalized spacial score (nSPS) is 9.67. The molecule has 0 aromatic heterocycles. The Balaban J connectivity index is 3.13. The third-order valence-electron chi connectivity index (χ3n) is 1.24. The molecule has 1 aromatic rings. The lowest BCUT2D eigenvalue weighted by Crippen LogP contribution is -1.78. The van der Waals surface area contributed by atoms with Gasteiger partial charge in [0.15, 0.2) is 5.83 Å². The molecule has 0 bridgehead atoms. The first kappa shape index (κ1) is 9.32. The molecule has 0 atom stereocenters. The highest BCUT2D eigenvalue weighted by atomic mass is 79.9. The highest BCUT2D eigenvalue weighted by Gasteiger charge is 2.07.